The molecule has 12 nitrogen and oxygen atoms in total. The lowest BCUT2D eigenvalue weighted by Crippen LogP contribution is -2.55. The standard InChI is InChI=1S/C31H37Cl4N9O3/c1-41(30(45)21-14-22(32)17-23(33)15-21)18-28(38-47-2)25(20-4-5-26(34)27(35)16-20)8-13-42-11-6-24(7-12-42)44-10-3-9-43(31(44)46)19-29-36-39-40-37-29/h4-5,14-17,24-25H,3,6-13,18-19H2,1-2H3,(H,36,37,39,40)/b38-28-/t25-/m1/s1. The molecule has 0 aliphatic carbocycles. The quantitative estimate of drug-likeness (QED) is 0.184. The molecule has 2 fully saturated rings. The van der Waals surface area contributed by atoms with Crippen LogP contribution >= 0.6 is 46.4 Å². The number of hydrogen-bond acceptors (Lipinski definition) is 8. The van der Waals surface area contributed by atoms with Crippen LogP contribution in [0.2, 0.25) is 20.1 Å². The van der Waals surface area contributed by atoms with E-state index >= 15 is 0 Å². The van der Waals surface area contributed by atoms with Crippen LogP contribution in [0.1, 0.15) is 53.3 Å². The molecular formula is C31H37Cl4N9O3. The normalized spacial score (nSPS) is 17.2. The maximum atomic E-state index is 13.4. The second-order valence-electron chi connectivity index (χ2n) is 11.8. The summed E-state index contributed by atoms with van der Waals surface area (Å²) in [6.45, 7) is 4.42. The molecule has 2 aliphatic rings. The first-order valence-electron chi connectivity index (χ1n) is 15.4. The predicted molar refractivity (Wildman–Crippen MR) is 182 cm³/mol. The molecule has 1 N–H and O–H groups in total. The number of H-pyrrole nitrogens is 1. The molecule has 0 spiro atoms. The molecule has 2 aliphatic heterocycles. The number of oxime groups is 1. The summed E-state index contributed by atoms with van der Waals surface area (Å²) in [5, 5.41) is 20.1. The van der Waals surface area contributed by atoms with E-state index in [1.165, 1.54) is 7.11 Å². The predicted octanol–water partition coefficient (Wildman–Crippen LogP) is 5.85. The van der Waals surface area contributed by atoms with Gasteiger partial charge >= 0.3 is 6.03 Å². The first-order chi connectivity index (χ1) is 22.6. The third-order valence-corrected chi connectivity index (χ3v) is 9.78. The van der Waals surface area contributed by atoms with Crippen molar-refractivity contribution in [2.45, 2.75) is 44.2 Å². The van der Waals surface area contributed by atoms with Gasteiger partial charge < -0.3 is 24.4 Å². The van der Waals surface area contributed by atoms with E-state index in [1.807, 2.05) is 17.0 Å². The van der Waals surface area contributed by atoms with E-state index in [1.54, 1.807) is 41.1 Å². The Morgan fingerprint density at radius 2 is 1.81 bits per heavy atom. The van der Waals surface area contributed by atoms with Crippen LogP contribution in [-0.2, 0) is 11.4 Å². The van der Waals surface area contributed by atoms with Crippen molar-refractivity contribution in [2.24, 2.45) is 5.16 Å². The highest BCUT2D eigenvalue weighted by atomic mass is 35.5. The lowest BCUT2D eigenvalue weighted by Gasteiger charge is -2.43. The van der Waals surface area contributed by atoms with Gasteiger partial charge in [-0.15, -0.1) is 10.2 Å². The summed E-state index contributed by atoms with van der Waals surface area (Å²) in [4.78, 5) is 39.7. The summed E-state index contributed by atoms with van der Waals surface area (Å²) >= 11 is 25.0. The molecule has 0 saturated carbocycles. The molecule has 0 radical (unpaired) electrons. The van der Waals surface area contributed by atoms with Gasteiger partial charge in [0.25, 0.3) is 5.91 Å². The van der Waals surface area contributed by atoms with Crippen molar-refractivity contribution in [1.29, 1.82) is 0 Å². The summed E-state index contributed by atoms with van der Waals surface area (Å²) < 4.78 is 0. The summed E-state index contributed by atoms with van der Waals surface area (Å²) in [6, 6.07) is 10.5. The lowest BCUT2D eigenvalue weighted by molar-refractivity contribution is 0.0753. The third-order valence-electron chi connectivity index (χ3n) is 8.61. The molecule has 2 saturated heterocycles. The Morgan fingerprint density at radius 1 is 1.06 bits per heavy atom. The molecule has 5 rings (SSSR count). The smallest absolute Gasteiger partial charge is 0.320 e. The van der Waals surface area contributed by atoms with Gasteiger partial charge in [0.1, 0.15) is 7.11 Å². The number of likely N-dealkylation sites (tertiary alicyclic amines) is 1. The van der Waals surface area contributed by atoms with E-state index < -0.39 is 0 Å². The van der Waals surface area contributed by atoms with Crippen LogP contribution in [0.3, 0.4) is 0 Å². The average Bonchev–Trinajstić information content (AvgIpc) is 3.56. The van der Waals surface area contributed by atoms with Gasteiger partial charge in [-0.3, -0.25) is 4.79 Å². The van der Waals surface area contributed by atoms with Gasteiger partial charge in [0.05, 0.1) is 28.8 Å². The van der Waals surface area contributed by atoms with Crippen LogP contribution in [0.25, 0.3) is 0 Å². The first kappa shape index (κ1) is 35.2. The number of nitrogens with one attached hydrogen (secondary N) is 1. The monoisotopic (exact) mass is 723 g/mol. The van der Waals surface area contributed by atoms with Gasteiger partial charge in [-0.2, -0.15) is 5.21 Å². The van der Waals surface area contributed by atoms with Crippen LogP contribution in [0.5, 0.6) is 0 Å². The largest absolute Gasteiger partial charge is 0.399 e. The zero-order valence-corrected chi connectivity index (χ0v) is 29.2. The van der Waals surface area contributed by atoms with Crippen molar-refractivity contribution in [3.05, 3.63) is 73.4 Å². The minimum Gasteiger partial charge on any atom is -0.399 e. The number of amides is 3. The van der Waals surface area contributed by atoms with E-state index in [0.717, 1.165) is 51.0 Å². The number of carbonyl (C=O) groups excluding carboxylic acids is 2. The number of rotatable bonds is 12. The molecule has 16 heteroatoms. The van der Waals surface area contributed by atoms with E-state index in [4.69, 9.17) is 51.2 Å². The van der Waals surface area contributed by atoms with Crippen molar-refractivity contribution in [2.75, 3.05) is 53.4 Å². The highest BCUT2D eigenvalue weighted by molar-refractivity contribution is 6.42. The summed E-state index contributed by atoms with van der Waals surface area (Å²) in [5.74, 6) is 0.0339. The fraction of sp³-hybridized carbons (Fsp3) is 0.484. The van der Waals surface area contributed by atoms with Gasteiger partial charge in [-0.25, -0.2) is 4.79 Å². The van der Waals surface area contributed by atoms with Crippen LogP contribution in [-0.4, -0.2) is 117 Å². The van der Waals surface area contributed by atoms with Crippen molar-refractivity contribution < 1.29 is 14.4 Å². The van der Waals surface area contributed by atoms with E-state index in [-0.39, 0.29) is 30.4 Å². The zero-order valence-electron chi connectivity index (χ0n) is 26.2. The second-order valence-corrected chi connectivity index (χ2v) is 13.4. The SMILES string of the molecule is CO/N=C(/CN(C)C(=O)c1cc(Cl)cc(Cl)c1)[C@H](CCN1CCC(N2CCCN(Cc3nn[nH]n3)C2=O)CC1)c1ccc(Cl)c(Cl)c1. The number of hydrogen-bond donors (Lipinski definition) is 1. The van der Waals surface area contributed by atoms with Crippen molar-refractivity contribution >= 4 is 64.1 Å². The molecule has 3 aromatic rings. The molecule has 1 atom stereocenters. The van der Waals surface area contributed by atoms with Crippen LogP contribution < -0.4 is 0 Å². The topological polar surface area (TPSA) is 123 Å². The molecular weight excluding hydrogens is 688 g/mol. The van der Waals surface area contributed by atoms with Crippen molar-refractivity contribution in [3.8, 4) is 0 Å². The van der Waals surface area contributed by atoms with E-state index in [9.17, 15) is 9.59 Å². The Labute approximate surface area is 293 Å². The van der Waals surface area contributed by atoms with E-state index in [0.29, 0.717) is 56.7 Å². The summed E-state index contributed by atoms with van der Waals surface area (Å²) in [6.07, 6.45) is 3.34. The molecule has 3 heterocycles. The van der Waals surface area contributed by atoms with Gasteiger partial charge in [0.15, 0.2) is 5.82 Å². The van der Waals surface area contributed by atoms with Crippen molar-refractivity contribution in [1.82, 2.24) is 40.2 Å². The van der Waals surface area contributed by atoms with E-state index in [2.05, 4.69) is 30.7 Å². The molecule has 2 aromatic carbocycles. The fourth-order valence-corrected chi connectivity index (χ4v) is 7.10. The number of nitrogens with zero attached hydrogens (tertiary/aromatic N) is 8. The number of piperidine rings is 1. The number of carbonyl (C=O) groups is 2. The number of halogens is 4. The van der Waals surface area contributed by atoms with Crippen LogP contribution in [0.4, 0.5) is 4.79 Å². The highest BCUT2D eigenvalue weighted by Gasteiger charge is 2.34. The Morgan fingerprint density at radius 3 is 2.47 bits per heavy atom. The third kappa shape index (κ3) is 9.05. The number of benzene rings is 2. The van der Waals surface area contributed by atoms with Gasteiger partial charge in [0.2, 0.25) is 0 Å². The highest BCUT2D eigenvalue weighted by Crippen LogP contribution is 2.31. The first-order valence-corrected chi connectivity index (χ1v) is 16.9. The zero-order chi connectivity index (χ0) is 33.5. The molecule has 0 bridgehead atoms. The van der Waals surface area contributed by atoms with Gasteiger partial charge in [0, 0.05) is 60.8 Å². The summed E-state index contributed by atoms with van der Waals surface area (Å²) in [5.41, 5.74) is 1.95. The van der Waals surface area contributed by atoms with Crippen molar-refractivity contribution in [3.63, 3.8) is 0 Å². The average molecular weight is 726 g/mol. The molecule has 1 aromatic heterocycles. The maximum absolute atomic E-state index is 13.4. The minimum atomic E-state index is -0.253. The minimum absolute atomic E-state index is 0.0262. The summed E-state index contributed by atoms with van der Waals surface area (Å²) in [7, 11) is 3.19. The Kier molecular flexibility index (Phi) is 12.2. The molecule has 3 amide bonds. The number of aromatic nitrogens is 4. The second kappa shape index (κ2) is 16.3. The van der Waals surface area contributed by atoms with Crippen LogP contribution in [0.15, 0.2) is 41.6 Å². The Bertz CT molecular complexity index is 1550. The molecule has 252 valence electrons. The van der Waals surface area contributed by atoms with Crippen LogP contribution in [0, 0.1) is 0 Å². The molecule has 47 heavy (non-hydrogen) atoms. The lowest BCUT2D eigenvalue weighted by atomic mass is 9.89. The fourth-order valence-electron chi connectivity index (χ4n) is 6.26. The van der Waals surface area contributed by atoms with Gasteiger partial charge in [-0.1, -0.05) is 62.8 Å². The van der Waals surface area contributed by atoms with Gasteiger partial charge in [-0.05, 0) is 68.1 Å². The number of urea groups is 1. The molecule has 0 unspecified atom stereocenters. The Hall–Kier alpha value is -3.16. The maximum Gasteiger partial charge on any atom is 0.320 e. The Balaban J connectivity index is 1.25. The number of aromatic amines is 1. The number of tetrazole rings is 1.